The number of aromatic amines is 1. The van der Waals surface area contributed by atoms with E-state index in [0.29, 0.717) is 6.04 Å². The van der Waals surface area contributed by atoms with Crippen molar-refractivity contribution in [1.29, 1.82) is 0 Å². The average Bonchev–Trinajstić information content (AvgIpc) is 3.50. The van der Waals surface area contributed by atoms with Crippen molar-refractivity contribution >= 4 is 38.3 Å². The normalized spacial score (nSPS) is 18.5. The number of nitrogens with zero attached hydrogens (tertiary/aromatic N) is 6. The molecule has 6 rings (SSSR count). The third-order valence-corrected chi connectivity index (χ3v) is 8.26. The van der Waals surface area contributed by atoms with Crippen LogP contribution in [0.25, 0.3) is 32.5 Å². The molecule has 2 saturated heterocycles. The summed E-state index contributed by atoms with van der Waals surface area (Å²) >= 11 is 1.84. The molecule has 0 radical (unpaired) electrons. The fourth-order valence-electron chi connectivity index (χ4n) is 5.13. The lowest BCUT2D eigenvalue weighted by Crippen LogP contribution is -2.41. The van der Waals surface area contributed by atoms with Crippen LogP contribution in [0, 0.1) is 0 Å². The van der Waals surface area contributed by atoms with Gasteiger partial charge in [-0.15, -0.1) is 11.3 Å². The second-order valence-electron chi connectivity index (χ2n) is 9.48. The summed E-state index contributed by atoms with van der Waals surface area (Å²) in [6.45, 7) is 6.47. The largest absolute Gasteiger partial charge is 0.378 e. The van der Waals surface area contributed by atoms with Crippen LogP contribution >= 0.6 is 11.3 Å². The van der Waals surface area contributed by atoms with Gasteiger partial charge in [0.05, 0.1) is 35.1 Å². The van der Waals surface area contributed by atoms with E-state index >= 15 is 0 Å². The van der Waals surface area contributed by atoms with Gasteiger partial charge in [0.2, 0.25) is 0 Å². The lowest BCUT2D eigenvalue weighted by Gasteiger charge is -2.34. The number of piperidine rings is 1. The number of rotatable bonds is 5. The molecule has 0 aliphatic carbocycles. The van der Waals surface area contributed by atoms with Gasteiger partial charge in [-0.05, 0) is 52.2 Å². The van der Waals surface area contributed by atoms with Gasteiger partial charge in [0.1, 0.15) is 0 Å². The van der Waals surface area contributed by atoms with E-state index in [2.05, 4.69) is 51.1 Å². The van der Waals surface area contributed by atoms with Crippen LogP contribution in [-0.4, -0.2) is 89.5 Å². The SMILES string of the molecule is CN1CCC(N(C)Cc2cc3nc(-c4cccc5[nH]ncc45)nc(N4CCOCC4)c3s2)CC1. The minimum Gasteiger partial charge on any atom is -0.378 e. The first-order chi connectivity index (χ1) is 16.7. The van der Waals surface area contributed by atoms with E-state index in [1.165, 1.54) is 35.5 Å². The van der Waals surface area contributed by atoms with Crippen molar-refractivity contribution in [2.24, 2.45) is 0 Å². The Morgan fingerprint density at radius 1 is 1.15 bits per heavy atom. The second-order valence-corrected chi connectivity index (χ2v) is 10.6. The number of nitrogens with one attached hydrogen (secondary N) is 1. The predicted octanol–water partition coefficient (Wildman–Crippen LogP) is 3.60. The number of anilines is 1. The standard InChI is InChI=1S/C25H31N7OS/c1-30-8-6-17(7-9-30)31(2)16-18-14-22-23(34-18)25(32-10-12-33-13-11-32)28-24(27-22)19-4-3-5-21-20(19)15-26-29-21/h3-5,14-15,17H,6-13,16H2,1-2H3,(H,26,29). The van der Waals surface area contributed by atoms with Gasteiger partial charge >= 0.3 is 0 Å². The monoisotopic (exact) mass is 477 g/mol. The number of hydrogen-bond donors (Lipinski definition) is 1. The minimum atomic E-state index is 0.639. The van der Waals surface area contributed by atoms with Gasteiger partial charge in [0.25, 0.3) is 0 Å². The van der Waals surface area contributed by atoms with Crippen LogP contribution in [-0.2, 0) is 11.3 Å². The molecule has 1 aromatic carbocycles. The number of hydrogen-bond acceptors (Lipinski definition) is 8. The molecule has 0 unspecified atom stereocenters. The van der Waals surface area contributed by atoms with Crippen molar-refractivity contribution < 1.29 is 4.74 Å². The lowest BCUT2D eigenvalue weighted by molar-refractivity contribution is 0.122. The van der Waals surface area contributed by atoms with E-state index in [-0.39, 0.29) is 0 Å². The number of benzene rings is 1. The van der Waals surface area contributed by atoms with E-state index in [4.69, 9.17) is 14.7 Å². The summed E-state index contributed by atoms with van der Waals surface area (Å²) in [5.41, 5.74) is 3.04. The minimum absolute atomic E-state index is 0.639. The first kappa shape index (κ1) is 21.9. The number of aromatic nitrogens is 4. The van der Waals surface area contributed by atoms with Crippen molar-refractivity contribution in [3.8, 4) is 11.4 Å². The quantitative estimate of drug-likeness (QED) is 0.471. The van der Waals surface area contributed by atoms with Crippen molar-refractivity contribution in [3.05, 3.63) is 35.3 Å². The van der Waals surface area contributed by atoms with E-state index in [1.54, 1.807) is 0 Å². The zero-order chi connectivity index (χ0) is 23.1. The van der Waals surface area contributed by atoms with Gasteiger partial charge in [-0.25, -0.2) is 9.97 Å². The molecule has 2 aliphatic rings. The summed E-state index contributed by atoms with van der Waals surface area (Å²) in [6.07, 6.45) is 4.33. The summed E-state index contributed by atoms with van der Waals surface area (Å²) in [6, 6.07) is 9.07. The maximum absolute atomic E-state index is 5.62. The van der Waals surface area contributed by atoms with Gasteiger partial charge in [0.15, 0.2) is 11.6 Å². The number of fused-ring (bicyclic) bond motifs is 2. The van der Waals surface area contributed by atoms with E-state index in [0.717, 1.165) is 66.5 Å². The molecule has 2 fully saturated rings. The number of thiophene rings is 1. The Bertz CT molecular complexity index is 1290. The molecular formula is C25H31N7OS. The summed E-state index contributed by atoms with van der Waals surface area (Å²) in [5.74, 6) is 1.79. The molecule has 3 aromatic heterocycles. The van der Waals surface area contributed by atoms with Crippen LogP contribution in [0.4, 0.5) is 5.82 Å². The maximum Gasteiger partial charge on any atom is 0.162 e. The number of ether oxygens (including phenoxy) is 1. The highest BCUT2D eigenvalue weighted by Crippen LogP contribution is 2.36. The molecule has 178 valence electrons. The molecule has 2 aliphatic heterocycles. The maximum atomic E-state index is 5.62. The summed E-state index contributed by atoms with van der Waals surface area (Å²) in [5, 5.41) is 8.35. The van der Waals surface area contributed by atoms with E-state index in [9.17, 15) is 0 Å². The number of H-pyrrole nitrogens is 1. The Hall–Kier alpha value is -2.59. The van der Waals surface area contributed by atoms with Crippen molar-refractivity contribution in [1.82, 2.24) is 30.0 Å². The summed E-state index contributed by atoms with van der Waals surface area (Å²) in [7, 11) is 4.48. The van der Waals surface area contributed by atoms with Crippen LogP contribution in [0.5, 0.6) is 0 Å². The Kier molecular flexibility index (Phi) is 5.94. The second kappa shape index (κ2) is 9.22. The van der Waals surface area contributed by atoms with Crippen molar-refractivity contribution in [2.45, 2.75) is 25.4 Å². The van der Waals surface area contributed by atoms with E-state index in [1.807, 2.05) is 29.7 Å². The fraction of sp³-hybridized carbons (Fsp3) is 0.480. The van der Waals surface area contributed by atoms with E-state index < -0.39 is 0 Å². The van der Waals surface area contributed by atoms with Crippen molar-refractivity contribution in [3.63, 3.8) is 0 Å². The van der Waals surface area contributed by atoms with Gasteiger partial charge in [-0.1, -0.05) is 12.1 Å². The molecule has 1 N–H and O–H groups in total. The molecule has 4 aromatic rings. The molecule has 0 saturated carbocycles. The first-order valence-electron chi connectivity index (χ1n) is 12.1. The molecule has 5 heterocycles. The Labute approximate surface area is 203 Å². The number of likely N-dealkylation sites (tertiary alicyclic amines) is 1. The first-order valence-corrected chi connectivity index (χ1v) is 12.9. The van der Waals surface area contributed by atoms with Gasteiger partial charge in [-0.2, -0.15) is 5.10 Å². The topological polar surface area (TPSA) is 73.4 Å². The smallest absolute Gasteiger partial charge is 0.162 e. The molecule has 8 nitrogen and oxygen atoms in total. The average molecular weight is 478 g/mol. The zero-order valence-electron chi connectivity index (χ0n) is 19.8. The number of morpholine rings is 1. The summed E-state index contributed by atoms with van der Waals surface area (Å²) in [4.78, 5) is 18.8. The highest BCUT2D eigenvalue weighted by Gasteiger charge is 2.24. The molecule has 0 atom stereocenters. The fourth-order valence-corrected chi connectivity index (χ4v) is 6.30. The Morgan fingerprint density at radius 3 is 2.79 bits per heavy atom. The van der Waals surface area contributed by atoms with Gasteiger partial charge < -0.3 is 14.5 Å². The Balaban J connectivity index is 1.38. The highest BCUT2D eigenvalue weighted by atomic mass is 32.1. The summed E-state index contributed by atoms with van der Waals surface area (Å²) < 4.78 is 6.80. The van der Waals surface area contributed by atoms with Crippen LogP contribution in [0.15, 0.2) is 30.5 Å². The zero-order valence-corrected chi connectivity index (χ0v) is 20.6. The van der Waals surface area contributed by atoms with Crippen LogP contribution in [0.2, 0.25) is 0 Å². The lowest BCUT2D eigenvalue weighted by atomic mass is 10.0. The van der Waals surface area contributed by atoms with Gasteiger partial charge in [0, 0.05) is 41.5 Å². The molecule has 0 amide bonds. The van der Waals surface area contributed by atoms with Gasteiger partial charge in [-0.3, -0.25) is 10.00 Å². The predicted molar refractivity (Wildman–Crippen MR) is 138 cm³/mol. The molecule has 9 heteroatoms. The molecular weight excluding hydrogens is 446 g/mol. The third-order valence-electron chi connectivity index (χ3n) is 7.16. The van der Waals surface area contributed by atoms with Crippen molar-refractivity contribution in [2.75, 3.05) is 58.4 Å². The molecule has 0 bridgehead atoms. The van der Waals surface area contributed by atoms with Crippen LogP contribution < -0.4 is 4.90 Å². The van der Waals surface area contributed by atoms with Crippen LogP contribution in [0.1, 0.15) is 17.7 Å². The van der Waals surface area contributed by atoms with Crippen LogP contribution in [0.3, 0.4) is 0 Å². The highest BCUT2D eigenvalue weighted by molar-refractivity contribution is 7.19. The Morgan fingerprint density at radius 2 is 1.97 bits per heavy atom. The molecule has 34 heavy (non-hydrogen) atoms. The third kappa shape index (κ3) is 4.17. The molecule has 0 spiro atoms.